The Kier molecular flexibility index (Phi) is 6.98. The smallest absolute Gasteiger partial charge is 0.179 e. The lowest BCUT2D eigenvalue weighted by atomic mass is 10.3. The zero-order chi connectivity index (χ0) is 26.5. The van der Waals surface area contributed by atoms with E-state index in [2.05, 4.69) is 115 Å². The van der Waals surface area contributed by atoms with Crippen molar-refractivity contribution >= 4 is 51.9 Å². The van der Waals surface area contributed by atoms with Gasteiger partial charge in [-0.25, -0.2) is 0 Å². The van der Waals surface area contributed by atoms with Crippen LogP contribution in [-0.4, -0.2) is 8.07 Å². The summed E-state index contributed by atoms with van der Waals surface area (Å²) in [6.07, 6.45) is 0. The average molecular weight is 537 g/mol. The van der Waals surface area contributed by atoms with E-state index in [1.54, 1.807) is 0 Å². The van der Waals surface area contributed by atoms with Crippen molar-refractivity contribution < 1.29 is 4.57 Å². The lowest BCUT2D eigenvalue weighted by Gasteiger charge is -2.34. The van der Waals surface area contributed by atoms with Crippen molar-refractivity contribution in [1.82, 2.24) is 0 Å². The van der Waals surface area contributed by atoms with Gasteiger partial charge in [-0.2, -0.15) is 0 Å². The maximum Gasteiger partial charge on any atom is 0.179 e. The van der Waals surface area contributed by atoms with E-state index in [4.69, 9.17) is 0 Å². The predicted octanol–water partition coefficient (Wildman–Crippen LogP) is 4.70. The van der Waals surface area contributed by atoms with Gasteiger partial charge in [0.25, 0.3) is 0 Å². The predicted molar refractivity (Wildman–Crippen MR) is 169 cm³/mol. The second-order valence-corrected chi connectivity index (χ2v) is 16.3. The maximum absolute atomic E-state index is 15.0. The Bertz CT molecular complexity index is 1550. The third-order valence-corrected chi connectivity index (χ3v) is 15.4. The zero-order valence-corrected chi connectivity index (χ0v) is 23.5. The second kappa shape index (κ2) is 10.9. The first-order valence-corrected chi connectivity index (χ1v) is 16.9. The van der Waals surface area contributed by atoms with Crippen LogP contribution in [0.15, 0.2) is 176 Å². The third-order valence-electron chi connectivity index (χ3n) is 7.52. The molecule has 0 radical (unpaired) electrons. The van der Waals surface area contributed by atoms with E-state index in [0.29, 0.717) is 0 Å². The molecule has 6 rings (SSSR count). The molecular formula is C36H29OPSi. The van der Waals surface area contributed by atoms with E-state index in [-0.39, 0.29) is 0 Å². The van der Waals surface area contributed by atoms with Gasteiger partial charge >= 0.3 is 0 Å². The fourth-order valence-corrected chi connectivity index (χ4v) is 13.1. The van der Waals surface area contributed by atoms with Gasteiger partial charge in [-0.3, -0.25) is 0 Å². The van der Waals surface area contributed by atoms with Crippen molar-refractivity contribution in [3.8, 4) is 0 Å². The summed E-state index contributed by atoms with van der Waals surface area (Å²) in [5, 5.41) is 7.78. The molecule has 0 aliphatic carbocycles. The normalized spacial score (nSPS) is 11.7. The molecule has 0 N–H and O–H groups in total. The van der Waals surface area contributed by atoms with E-state index < -0.39 is 15.2 Å². The molecule has 39 heavy (non-hydrogen) atoms. The van der Waals surface area contributed by atoms with Gasteiger partial charge < -0.3 is 4.57 Å². The molecule has 0 unspecified atom stereocenters. The Labute approximate surface area is 231 Å². The summed E-state index contributed by atoms with van der Waals surface area (Å²) in [7, 11) is -5.68. The minimum atomic E-state index is -3.05. The number of benzene rings is 6. The van der Waals surface area contributed by atoms with Crippen molar-refractivity contribution in [2.45, 2.75) is 0 Å². The van der Waals surface area contributed by atoms with Crippen LogP contribution in [0.2, 0.25) is 0 Å². The zero-order valence-electron chi connectivity index (χ0n) is 21.6. The average Bonchev–Trinajstić information content (AvgIpc) is 3.04. The molecule has 0 aliphatic heterocycles. The second-order valence-electron chi connectivity index (χ2n) is 9.68. The van der Waals surface area contributed by atoms with Crippen molar-refractivity contribution in [3.05, 3.63) is 176 Å². The van der Waals surface area contributed by atoms with Gasteiger partial charge in [0.1, 0.15) is 0 Å². The lowest BCUT2D eigenvalue weighted by Crippen LogP contribution is -2.74. The molecule has 0 aromatic heterocycles. The summed E-state index contributed by atoms with van der Waals surface area (Å²) in [6.45, 7) is 0. The highest BCUT2D eigenvalue weighted by Crippen LogP contribution is 2.42. The Morgan fingerprint density at radius 1 is 0.308 bits per heavy atom. The van der Waals surface area contributed by atoms with Gasteiger partial charge in [0, 0.05) is 15.9 Å². The minimum Gasteiger partial charge on any atom is -0.309 e. The van der Waals surface area contributed by atoms with Crippen LogP contribution >= 0.6 is 7.14 Å². The van der Waals surface area contributed by atoms with Crippen LogP contribution in [0.5, 0.6) is 0 Å². The summed E-state index contributed by atoms with van der Waals surface area (Å²) in [5.74, 6) is 0. The Morgan fingerprint density at radius 2 is 0.564 bits per heavy atom. The molecule has 3 heteroatoms. The molecule has 0 spiro atoms. The number of hydrogen-bond acceptors (Lipinski definition) is 1. The SMILES string of the molecule is O=P(c1ccccc1)(c1ccccc1)c1ccc([Si](c2ccccc2)(c2ccccc2)c2ccccc2)cc1. The highest BCUT2D eigenvalue weighted by molar-refractivity contribution is 7.85. The fraction of sp³-hybridized carbons (Fsp3) is 0. The summed E-state index contributed by atoms with van der Waals surface area (Å²) in [5.41, 5.74) is 0. The lowest BCUT2D eigenvalue weighted by molar-refractivity contribution is 0.592. The maximum atomic E-state index is 15.0. The first kappa shape index (κ1) is 25.1. The molecule has 1 nitrogen and oxygen atoms in total. The standard InChI is InChI=1S/C36H29OPSi/c37-38(30-16-6-1-7-17-30,31-18-8-2-9-19-31)32-26-28-36(29-27-32)39(33-20-10-3-11-21-33,34-22-12-4-13-23-34)35-24-14-5-15-25-35/h1-29H. The molecule has 188 valence electrons. The van der Waals surface area contributed by atoms with Crippen LogP contribution in [0.4, 0.5) is 0 Å². The highest BCUT2D eigenvalue weighted by Gasteiger charge is 2.41. The van der Waals surface area contributed by atoms with E-state index in [9.17, 15) is 0 Å². The largest absolute Gasteiger partial charge is 0.309 e. The molecule has 0 amide bonds. The van der Waals surface area contributed by atoms with Crippen LogP contribution in [0, 0.1) is 0 Å². The first-order valence-electron chi connectivity index (χ1n) is 13.2. The van der Waals surface area contributed by atoms with Crippen molar-refractivity contribution in [2.24, 2.45) is 0 Å². The quantitative estimate of drug-likeness (QED) is 0.164. The van der Waals surface area contributed by atoms with Crippen LogP contribution in [0.3, 0.4) is 0 Å². The molecule has 0 heterocycles. The van der Waals surface area contributed by atoms with Gasteiger partial charge in [-0.05, 0) is 20.7 Å². The molecule has 0 saturated carbocycles. The molecule has 0 saturated heterocycles. The Hall–Kier alpha value is -4.23. The summed E-state index contributed by atoms with van der Waals surface area (Å²) in [4.78, 5) is 0. The van der Waals surface area contributed by atoms with E-state index in [1.807, 2.05) is 60.7 Å². The van der Waals surface area contributed by atoms with Gasteiger partial charge in [0.05, 0.1) is 0 Å². The summed E-state index contributed by atoms with van der Waals surface area (Å²) >= 11 is 0. The fourth-order valence-electron chi connectivity index (χ4n) is 5.71. The van der Waals surface area contributed by atoms with Gasteiger partial charge in [-0.1, -0.05) is 176 Å². The van der Waals surface area contributed by atoms with Gasteiger partial charge in [-0.15, -0.1) is 0 Å². The summed E-state index contributed by atoms with van der Waals surface area (Å²) in [6, 6.07) is 61.1. The topological polar surface area (TPSA) is 17.1 Å². The van der Waals surface area contributed by atoms with Crippen LogP contribution in [0.25, 0.3) is 0 Å². The van der Waals surface area contributed by atoms with Crippen LogP contribution < -0.4 is 36.7 Å². The van der Waals surface area contributed by atoms with E-state index in [0.717, 1.165) is 15.9 Å². The Morgan fingerprint density at radius 3 is 0.897 bits per heavy atom. The number of hydrogen-bond donors (Lipinski definition) is 0. The molecule has 0 fully saturated rings. The molecule has 0 bridgehead atoms. The van der Waals surface area contributed by atoms with E-state index in [1.165, 1.54) is 20.7 Å². The van der Waals surface area contributed by atoms with Crippen LogP contribution in [0.1, 0.15) is 0 Å². The van der Waals surface area contributed by atoms with Crippen LogP contribution in [-0.2, 0) is 4.57 Å². The third kappa shape index (κ3) is 4.42. The molecular weight excluding hydrogens is 507 g/mol. The Balaban J connectivity index is 1.60. The van der Waals surface area contributed by atoms with E-state index >= 15 is 4.57 Å². The van der Waals surface area contributed by atoms with Gasteiger partial charge in [0.2, 0.25) is 0 Å². The molecule has 6 aromatic carbocycles. The van der Waals surface area contributed by atoms with Crippen molar-refractivity contribution in [2.75, 3.05) is 0 Å². The molecule has 0 aliphatic rings. The monoisotopic (exact) mass is 536 g/mol. The van der Waals surface area contributed by atoms with Crippen molar-refractivity contribution in [1.29, 1.82) is 0 Å². The molecule has 0 atom stereocenters. The summed E-state index contributed by atoms with van der Waals surface area (Å²) < 4.78 is 15.0. The first-order chi connectivity index (χ1) is 19.2. The minimum absolute atomic E-state index is 0.848. The van der Waals surface area contributed by atoms with Gasteiger partial charge in [0.15, 0.2) is 15.2 Å². The van der Waals surface area contributed by atoms with Crippen molar-refractivity contribution in [3.63, 3.8) is 0 Å². The highest BCUT2D eigenvalue weighted by atomic mass is 31.2. The molecule has 6 aromatic rings. The number of rotatable bonds is 7.